The lowest BCUT2D eigenvalue weighted by Crippen LogP contribution is -2.49. The third kappa shape index (κ3) is 4.81. The van der Waals surface area contributed by atoms with Gasteiger partial charge in [0, 0.05) is 0 Å². The zero-order chi connectivity index (χ0) is 19.2. The molecule has 2 rings (SSSR count). The molecular formula is C23H39NO2. The summed E-state index contributed by atoms with van der Waals surface area (Å²) in [5.74, 6) is 1.07. The number of nitriles is 1. The highest BCUT2D eigenvalue weighted by molar-refractivity contribution is 5.81. The summed E-state index contributed by atoms with van der Waals surface area (Å²) < 4.78 is 5.75. The maximum atomic E-state index is 13.4. The molecule has 0 N–H and O–H groups in total. The monoisotopic (exact) mass is 361 g/mol. The van der Waals surface area contributed by atoms with Gasteiger partial charge in [0.2, 0.25) is 0 Å². The minimum absolute atomic E-state index is 0.141. The lowest BCUT2D eigenvalue weighted by molar-refractivity contribution is -0.167. The van der Waals surface area contributed by atoms with Gasteiger partial charge in [-0.1, -0.05) is 65.2 Å². The van der Waals surface area contributed by atoms with Crippen molar-refractivity contribution in [3.05, 3.63) is 0 Å². The highest BCUT2D eigenvalue weighted by Crippen LogP contribution is 2.52. The summed E-state index contributed by atoms with van der Waals surface area (Å²) in [6.07, 6.45) is 12.4. The van der Waals surface area contributed by atoms with Crippen molar-refractivity contribution in [2.24, 2.45) is 29.1 Å². The number of carbonyl (C=O) groups excluding carboxylic acids is 1. The molecule has 2 atom stereocenters. The first-order chi connectivity index (χ1) is 12.4. The topological polar surface area (TPSA) is 50.1 Å². The molecule has 2 aliphatic rings. The van der Waals surface area contributed by atoms with Crippen molar-refractivity contribution in [3.63, 3.8) is 0 Å². The summed E-state index contributed by atoms with van der Waals surface area (Å²) >= 11 is 0. The number of ether oxygens (including phenoxy) is 1. The van der Waals surface area contributed by atoms with E-state index in [2.05, 4.69) is 19.9 Å². The van der Waals surface area contributed by atoms with E-state index in [0.29, 0.717) is 11.8 Å². The molecule has 0 bridgehead atoms. The van der Waals surface area contributed by atoms with Gasteiger partial charge in [-0.25, -0.2) is 0 Å². The smallest absolute Gasteiger partial charge is 0.327 e. The molecule has 0 aliphatic heterocycles. The normalized spacial score (nSPS) is 23.4. The molecule has 0 aromatic carbocycles. The lowest BCUT2D eigenvalue weighted by Gasteiger charge is -2.46. The molecule has 3 nitrogen and oxygen atoms in total. The molecule has 2 aliphatic carbocycles. The van der Waals surface area contributed by atoms with Gasteiger partial charge in [-0.2, -0.15) is 5.26 Å². The van der Waals surface area contributed by atoms with Crippen LogP contribution in [0.5, 0.6) is 0 Å². The predicted octanol–water partition coefficient (Wildman–Crippen LogP) is 6.27. The summed E-state index contributed by atoms with van der Waals surface area (Å²) in [6, 6.07) is 2.62. The first-order valence-electron chi connectivity index (χ1n) is 11.0. The van der Waals surface area contributed by atoms with Gasteiger partial charge in [0.1, 0.15) is 0 Å². The van der Waals surface area contributed by atoms with E-state index in [1.54, 1.807) is 0 Å². The second-order valence-electron chi connectivity index (χ2n) is 9.40. The fourth-order valence-electron chi connectivity index (χ4n) is 5.50. The quantitative estimate of drug-likeness (QED) is 0.502. The zero-order valence-corrected chi connectivity index (χ0v) is 17.4. The average molecular weight is 362 g/mol. The van der Waals surface area contributed by atoms with Crippen LogP contribution in [-0.2, 0) is 9.53 Å². The third-order valence-electron chi connectivity index (χ3n) is 6.64. The minimum Gasteiger partial charge on any atom is -0.462 e. The van der Waals surface area contributed by atoms with E-state index in [1.807, 2.05) is 13.8 Å². The van der Waals surface area contributed by atoms with Gasteiger partial charge in [0.25, 0.3) is 0 Å². The Kier molecular flexibility index (Phi) is 7.99. The van der Waals surface area contributed by atoms with Crippen LogP contribution >= 0.6 is 0 Å². The Hall–Kier alpha value is -1.04. The summed E-state index contributed by atoms with van der Waals surface area (Å²) in [4.78, 5) is 13.4. The van der Waals surface area contributed by atoms with Crippen LogP contribution in [0.2, 0.25) is 0 Å². The molecule has 0 amide bonds. The van der Waals surface area contributed by atoms with Crippen molar-refractivity contribution >= 4 is 5.97 Å². The molecule has 2 fully saturated rings. The average Bonchev–Trinajstić information content (AvgIpc) is 2.62. The van der Waals surface area contributed by atoms with Crippen LogP contribution in [-0.4, -0.2) is 12.1 Å². The van der Waals surface area contributed by atoms with E-state index in [-0.39, 0.29) is 23.9 Å². The molecule has 0 aromatic rings. The van der Waals surface area contributed by atoms with Crippen LogP contribution in [0.15, 0.2) is 0 Å². The molecule has 26 heavy (non-hydrogen) atoms. The van der Waals surface area contributed by atoms with E-state index in [1.165, 1.54) is 38.5 Å². The molecule has 0 aromatic heterocycles. The summed E-state index contributed by atoms with van der Waals surface area (Å²) in [5.41, 5.74) is -0.947. The van der Waals surface area contributed by atoms with Crippen LogP contribution in [0, 0.1) is 40.4 Å². The van der Waals surface area contributed by atoms with E-state index in [0.717, 1.165) is 32.1 Å². The number of esters is 1. The fourth-order valence-corrected chi connectivity index (χ4v) is 5.50. The minimum atomic E-state index is -0.947. The molecule has 0 heterocycles. The number of hydrogen-bond donors (Lipinski definition) is 0. The number of nitrogens with zero attached hydrogens (tertiary/aromatic N) is 1. The van der Waals surface area contributed by atoms with Crippen molar-refractivity contribution < 1.29 is 9.53 Å². The van der Waals surface area contributed by atoms with Crippen molar-refractivity contribution in [2.45, 2.75) is 104 Å². The van der Waals surface area contributed by atoms with Crippen molar-refractivity contribution in [2.75, 3.05) is 0 Å². The van der Waals surface area contributed by atoms with Gasteiger partial charge < -0.3 is 4.74 Å². The second-order valence-corrected chi connectivity index (χ2v) is 9.40. The van der Waals surface area contributed by atoms with Gasteiger partial charge >= 0.3 is 5.97 Å². The van der Waals surface area contributed by atoms with Crippen LogP contribution < -0.4 is 0 Å². The second kappa shape index (κ2) is 9.77. The first kappa shape index (κ1) is 21.3. The maximum Gasteiger partial charge on any atom is 0.327 e. The third-order valence-corrected chi connectivity index (χ3v) is 6.64. The standard InChI is InChI=1S/C23H39NO2/c1-17(2)15-21(19-11-7-5-8-12-19)23(16-24,22(25)26-18(3)4)20-13-9-6-10-14-20/h17-21H,5-15H2,1-4H3. The summed E-state index contributed by atoms with van der Waals surface area (Å²) in [5, 5.41) is 10.5. The van der Waals surface area contributed by atoms with Gasteiger partial charge in [-0.3, -0.25) is 4.79 Å². The van der Waals surface area contributed by atoms with Crippen LogP contribution in [0.3, 0.4) is 0 Å². The zero-order valence-electron chi connectivity index (χ0n) is 17.4. The molecule has 148 valence electrons. The van der Waals surface area contributed by atoms with Gasteiger partial charge in [-0.15, -0.1) is 0 Å². The van der Waals surface area contributed by atoms with E-state index in [4.69, 9.17) is 4.74 Å². The van der Waals surface area contributed by atoms with Crippen LogP contribution in [0.1, 0.15) is 98.3 Å². The Morgan fingerprint density at radius 1 is 1.00 bits per heavy atom. The fraction of sp³-hybridized carbons (Fsp3) is 0.913. The van der Waals surface area contributed by atoms with Crippen molar-refractivity contribution in [1.82, 2.24) is 0 Å². The number of hydrogen-bond acceptors (Lipinski definition) is 3. The molecule has 0 spiro atoms. The molecule has 0 radical (unpaired) electrons. The van der Waals surface area contributed by atoms with Gasteiger partial charge in [0.05, 0.1) is 12.2 Å². The predicted molar refractivity (Wildman–Crippen MR) is 105 cm³/mol. The van der Waals surface area contributed by atoms with E-state index >= 15 is 0 Å². The molecule has 0 saturated heterocycles. The maximum absolute atomic E-state index is 13.4. The molecule has 2 saturated carbocycles. The Labute approximate surface area is 160 Å². The highest BCUT2D eigenvalue weighted by atomic mass is 16.5. The van der Waals surface area contributed by atoms with Crippen LogP contribution in [0.25, 0.3) is 0 Å². The summed E-state index contributed by atoms with van der Waals surface area (Å²) in [7, 11) is 0. The Morgan fingerprint density at radius 3 is 2.00 bits per heavy atom. The summed E-state index contributed by atoms with van der Waals surface area (Å²) in [6.45, 7) is 8.26. The molecule has 3 heteroatoms. The van der Waals surface area contributed by atoms with Gasteiger partial charge in [0.15, 0.2) is 5.41 Å². The van der Waals surface area contributed by atoms with Crippen molar-refractivity contribution in [1.29, 1.82) is 5.26 Å². The molecule has 2 unspecified atom stereocenters. The highest BCUT2D eigenvalue weighted by Gasteiger charge is 2.55. The Bertz CT molecular complexity index is 481. The van der Waals surface area contributed by atoms with E-state index in [9.17, 15) is 10.1 Å². The number of carbonyl (C=O) groups is 1. The van der Waals surface area contributed by atoms with E-state index < -0.39 is 5.41 Å². The van der Waals surface area contributed by atoms with Gasteiger partial charge in [-0.05, 0) is 56.8 Å². The Balaban J connectivity index is 2.44. The lowest BCUT2D eigenvalue weighted by atomic mass is 9.56. The molecular weight excluding hydrogens is 322 g/mol. The first-order valence-corrected chi connectivity index (χ1v) is 11.0. The van der Waals surface area contributed by atoms with Crippen LogP contribution in [0.4, 0.5) is 0 Å². The SMILES string of the molecule is CC(C)CC(C1CCCCC1)C(C#N)(C(=O)OC(C)C)C1CCCCC1. The van der Waals surface area contributed by atoms with Crippen molar-refractivity contribution in [3.8, 4) is 6.07 Å². The largest absolute Gasteiger partial charge is 0.462 e. The number of rotatable bonds is 7. The Morgan fingerprint density at radius 2 is 1.54 bits per heavy atom.